The highest BCUT2D eigenvalue weighted by Gasteiger charge is 2.24. The van der Waals surface area contributed by atoms with Gasteiger partial charge in [0.15, 0.2) is 0 Å². The van der Waals surface area contributed by atoms with Gasteiger partial charge in [0.05, 0.1) is 10.4 Å². The number of hydrogen-bond donors (Lipinski definition) is 1. The number of aryl methyl sites for hydroxylation is 1. The summed E-state index contributed by atoms with van der Waals surface area (Å²) >= 11 is 0. The fourth-order valence-corrected chi connectivity index (χ4v) is 5.25. The molecule has 0 amide bonds. The van der Waals surface area contributed by atoms with Crippen molar-refractivity contribution in [3.63, 3.8) is 0 Å². The average molecular weight is 396 g/mol. The van der Waals surface area contributed by atoms with Crippen molar-refractivity contribution in [1.29, 1.82) is 0 Å². The molecule has 2 aromatic carbocycles. The van der Waals surface area contributed by atoms with Gasteiger partial charge in [-0.1, -0.05) is 31.0 Å². The normalized spacial score (nSPS) is 16.0. The van der Waals surface area contributed by atoms with Crippen LogP contribution in [0.5, 0.6) is 0 Å². The van der Waals surface area contributed by atoms with Crippen molar-refractivity contribution in [1.82, 2.24) is 9.29 Å². The monoisotopic (exact) mass is 395 g/mol. The highest BCUT2D eigenvalue weighted by Crippen LogP contribution is 2.28. The number of aromatic nitrogens is 1. The van der Waals surface area contributed by atoms with Gasteiger partial charge in [0, 0.05) is 36.0 Å². The number of anilines is 2. The molecule has 1 saturated heterocycles. The van der Waals surface area contributed by atoms with Crippen LogP contribution in [-0.2, 0) is 10.0 Å². The zero-order valence-corrected chi connectivity index (χ0v) is 16.9. The van der Waals surface area contributed by atoms with Gasteiger partial charge in [-0.25, -0.2) is 8.42 Å². The van der Waals surface area contributed by atoms with E-state index in [9.17, 15) is 8.42 Å². The maximum absolute atomic E-state index is 12.9. The average Bonchev–Trinajstić information content (AvgIpc) is 2.99. The smallest absolute Gasteiger partial charge is 0.243 e. The lowest BCUT2D eigenvalue weighted by atomic mass is 10.1. The summed E-state index contributed by atoms with van der Waals surface area (Å²) in [6.07, 6.45) is 5.87. The second-order valence-electron chi connectivity index (χ2n) is 7.30. The number of nitrogens with zero attached hydrogens (tertiary/aromatic N) is 2. The number of fused-ring (bicyclic) bond motifs is 1. The summed E-state index contributed by atoms with van der Waals surface area (Å²) in [5.41, 5.74) is 3.90. The molecule has 3 aromatic rings. The summed E-state index contributed by atoms with van der Waals surface area (Å²) in [5, 5.41) is 4.44. The van der Waals surface area contributed by atoms with E-state index in [1.54, 1.807) is 22.6 Å². The van der Waals surface area contributed by atoms with Crippen molar-refractivity contribution >= 4 is 32.3 Å². The lowest BCUT2D eigenvalue weighted by Crippen LogP contribution is -2.31. The van der Waals surface area contributed by atoms with Crippen molar-refractivity contribution < 1.29 is 8.42 Å². The van der Waals surface area contributed by atoms with Gasteiger partial charge >= 0.3 is 0 Å². The third-order valence-corrected chi connectivity index (χ3v) is 7.22. The zero-order valence-electron chi connectivity index (χ0n) is 16.1. The molecule has 1 aliphatic heterocycles. The van der Waals surface area contributed by atoms with Gasteiger partial charge in [0.25, 0.3) is 0 Å². The molecule has 6 heteroatoms. The molecule has 1 aliphatic rings. The maximum Gasteiger partial charge on any atom is 0.243 e. The summed E-state index contributed by atoms with van der Waals surface area (Å²) in [6, 6.07) is 15.1. The van der Waals surface area contributed by atoms with E-state index in [2.05, 4.69) is 10.3 Å². The number of rotatable bonds is 4. The number of hydrogen-bond acceptors (Lipinski definition) is 4. The van der Waals surface area contributed by atoms with Crippen LogP contribution in [-0.4, -0.2) is 30.8 Å². The minimum Gasteiger partial charge on any atom is -0.355 e. The molecule has 4 rings (SSSR count). The minimum atomic E-state index is -3.42. The Morgan fingerprint density at radius 2 is 1.64 bits per heavy atom. The number of benzene rings is 2. The fraction of sp³-hybridized carbons (Fsp3) is 0.318. The molecule has 0 radical (unpaired) electrons. The molecule has 0 atom stereocenters. The van der Waals surface area contributed by atoms with Crippen LogP contribution in [0.3, 0.4) is 0 Å². The molecule has 0 aliphatic carbocycles. The Bertz CT molecular complexity index is 1070. The van der Waals surface area contributed by atoms with Crippen molar-refractivity contribution in [2.24, 2.45) is 0 Å². The minimum absolute atomic E-state index is 0.357. The van der Waals surface area contributed by atoms with Gasteiger partial charge < -0.3 is 5.32 Å². The second kappa shape index (κ2) is 7.89. The zero-order chi connectivity index (χ0) is 19.6. The SMILES string of the molecule is Cc1cccc2c(Nc3ccc(S(=O)(=O)N4CCCCCC4)cc3)ccnc12. The maximum atomic E-state index is 12.9. The van der Waals surface area contributed by atoms with E-state index in [4.69, 9.17) is 0 Å². The van der Waals surface area contributed by atoms with Crippen molar-refractivity contribution in [3.8, 4) is 0 Å². The van der Waals surface area contributed by atoms with E-state index in [0.29, 0.717) is 18.0 Å². The molecular formula is C22H25N3O2S. The van der Waals surface area contributed by atoms with E-state index >= 15 is 0 Å². The Balaban J connectivity index is 1.58. The number of nitrogens with one attached hydrogen (secondary N) is 1. The molecule has 2 heterocycles. The molecule has 5 nitrogen and oxygen atoms in total. The topological polar surface area (TPSA) is 62.3 Å². The summed E-state index contributed by atoms with van der Waals surface area (Å²) in [5.74, 6) is 0. The first kappa shape index (κ1) is 18.9. The molecule has 146 valence electrons. The standard InChI is InChI=1S/C22H25N3O2S/c1-17-7-6-8-20-21(13-14-23-22(17)20)24-18-9-11-19(12-10-18)28(26,27)25-15-4-2-3-5-16-25/h6-14H,2-5,15-16H2,1H3,(H,23,24). The van der Waals surface area contributed by atoms with Gasteiger partial charge in [0.1, 0.15) is 0 Å². The van der Waals surface area contributed by atoms with Crippen LogP contribution in [0.2, 0.25) is 0 Å². The van der Waals surface area contributed by atoms with Crippen LogP contribution in [0.4, 0.5) is 11.4 Å². The second-order valence-corrected chi connectivity index (χ2v) is 9.24. The van der Waals surface area contributed by atoms with E-state index in [1.807, 2.05) is 43.3 Å². The van der Waals surface area contributed by atoms with Crippen molar-refractivity contribution in [3.05, 3.63) is 60.3 Å². The van der Waals surface area contributed by atoms with Crippen LogP contribution >= 0.6 is 0 Å². The molecule has 0 bridgehead atoms. The Kier molecular flexibility index (Phi) is 5.33. The first-order valence-electron chi connectivity index (χ1n) is 9.77. The predicted molar refractivity (Wildman–Crippen MR) is 113 cm³/mol. The summed E-state index contributed by atoms with van der Waals surface area (Å²) in [6.45, 7) is 3.27. The molecule has 28 heavy (non-hydrogen) atoms. The summed E-state index contributed by atoms with van der Waals surface area (Å²) in [7, 11) is -3.42. The molecule has 0 saturated carbocycles. The summed E-state index contributed by atoms with van der Waals surface area (Å²) < 4.78 is 27.5. The Hall–Kier alpha value is -2.44. The lowest BCUT2D eigenvalue weighted by molar-refractivity contribution is 0.424. The van der Waals surface area contributed by atoms with Crippen LogP contribution in [0.1, 0.15) is 31.2 Å². The Labute approximate surface area is 166 Å². The number of pyridine rings is 1. The first-order valence-corrected chi connectivity index (χ1v) is 11.2. The largest absolute Gasteiger partial charge is 0.355 e. The first-order chi connectivity index (χ1) is 13.6. The predicted octanol–water partition coefficient (Wildman–Crippen LogP) is 4.85. The Morgan fingerprint density at radius 1 is 0.929 bits per heavy atom. The summed E-state index contributed by atoms with van der Waals surface area (Å²) in [4.78, 5) is 4.82. The van der Waals surface area contributed by atoms with E-state index < -0.39 is 10.0 Å². The van der Waals surface area contributed by atoms with Crippen molar-refractivity contribution in [2.45, 2.75) is 37.5 Å². The van der Waals surface area contributed by atoms with E-state index in [-0.39, 0.29) is 0 Å². The van der Waals surface area contributed by atoms with Gasteiger partial charge in [0.2, 0.25) is 10.0 Å². The van der Waals surface area contributed by atoms with Crippen LogP contribution < -0.4 is 5.32 Å². The lowest BCUT2D eigenvalue weighted by Gasteiger charge is -2.20. The van der Waals surface area contributed by atoms with E-state index in [1.165, 1.54) is 0 Å². The molecule has 0 unspecified atom stereocenters. The molecular weight excluding hydrogens is 370 g/mol. The van der Waals surface area contributed by atoms with Crippen LogP contribution in [0.15, 0.2) is 59.6 Å². The van der Waals surface area contributed by atoms with Gasteiger partial charge in [-0.3, -0.25) is 4.98 Å². The molecule has 1 aromatic heterocycles. The van der Waals surface area contributed by atoms with Crippen LogP contribution in [0.25, 0.3) is 10.9 Å². The third kappa shape index (κ3) is 3.75. The molecule has 1 N–H and O–H groups in total. The van der Waals surface area contributed by atoms with Crippen LogP contribution in [0, 0.1) is 6.92 Å². The van der Waals surface area contributed by atoms with Gasteiger partial charge in [-0.15, -0.1) is 0 Å². The fourth-order valence-electron chi connectivity index (χ4n) is 3.73. The number of para-hydroxylation sites is 1. The van der Waals surface area contributed by atoms with Gasteiger partial charge in [-0.05, 0) is 55.7 Å². The quantitative estimate of drug-likeness (QED) is 0.686. The van der Waals surface area contributed by atoms with Crippen molar-refractivity contribution in [2.75, 3.05) is 18.4 Å². The molecule has 1 fully saturated rings. The highest BCUT2D eigenvalue weighted by molar-refractivity contribution is 7.89. The third-order valence-electron chi connectivity index (χ3n) is 5.31. The number of sulfonamides is 1. The Morgan fingerprint density at radius 3 is 2.36 bits per heavy atom. The highest BCUT2D eigenvalue weighted by atomic mass is 32.2. The van der Waals surface area contributed by atoms with E-state index in [0.717, 1.165) is 53.5 Å². The molecule has 0 spiro atoms. The van der Waals surface area contributed by atoms with Gasteiger partial charge in [-0.2, -0.15) is 4.31 Å².